The van der Waals surface area contributed by atoms with E-state index in [2.05, 4.69) is 0 Å². The number of para-hydroxylation sites is 1. The number of hydrogen-bond donors (Lipinski definition) is 3. The Balaban J connectivity index is 2.55. The number of amides is 1. The highest BCUT2D eigenvalue weighted by Gasteiger charge is 2.47. The number of hydrogen-bond acceptors (Lipinski definition) is 4. The average molecular weight is 262 g/mol. The topological polar surface area (TPSA) is 72.8 Å². The van der Waals surface area contributed by atoms with Crippen LogP contribution in [-0.2, 0) is 10.4 Å². The summed E-state index contributed by atoms with van der Waals surface area (Å²) in [7, 11) is 0. The largest absolute Gasteiger partial charge is 0.372 e. The van der Waals surface area contributed by atoms with Crippen LogP contribution in [0, 0.1) is 0 Å². The van der Waals surface area contributed by atoms with E-state index in [0.717, 1.165) is 12.1 Å². The lowest BCUT2D eigenvalue weighted by Gasteiger charge is -2.20. The maximum atomic E-state index is 12.4. The second-order valence-corrected chi connectivity index (χ2v) is 4.68. The van der Waals surface area contributed by atoms with Crippen molar-refractivity contribution in [1.82, 2.24) is 5.48 Å². The quantitative estimate of drug-likeness (QED) is 0.719. The predicted octanol–water partition coefficient (Wildman–Crippen LogP) is 1.51. The van der Waals surface area contributed by atoms with E-state index in [1.54, 1.807) is 24.0 Å². The fraction of sp³-hybridized carbons (Fsp3) is 0.357. The Kier molecular flexibility index (Phi) is 3.59. The molecule has 5 nitrogen and oxygen atoms in total. The summed E-state index contributed by atoms with van der Waals surface area (Å²) in [5, 5.41) is 19.6. The van der Waals surface area contributed by atoms with Gasteiger partial charge in [-0.15, -0.1) is 0 Å². The van der Waals surface area contributed by atoms with Crippen LogP contribution in [0.1, 0.15) is 25.8 Å². The minimum atomic E-state index is -1.72. The van der Waals surface area contributed by atoms with E-state index in [-0.39, 0.29) is 5.91 Å². The van der Waals surface area contributed by atoms with Crippen LogP contribution in [-0.4, -0.2) is 22.8 Å². The van der Waals surface area contributed by atoms with E-state index in [0.29, 0.717) is 17.8 Å². The molecule has 0 saturated carbocycles. The number of allylic oxidation sites excluding steroid dienone is 1. The van der Waals surface area contributed by atoms with Gasteiger partial charge in [-0.3, -0.25) is 15.5 Å². The van der Waals surface area contributed by atoms with E-state index >= 15 is 0 Å². The molecule has 1 unspecified atom stereocenters. The van der Waals surface area contributed by atoms with Crippen molar-refractivity contribution in [2.75, 3.05) is 11.4 Å². The molecule has 19 heavy (non-hydrogen) atoms. The van der Waals surface area contributed by atoms with Gasteiger partial charge >= 0.3 is 0 Å². The molecule has 1 atom stereocenters. The second-order valence-electron chi connectivity index (χ2n) is 4.68. The minimum absolute atomic E-state index is 0.323. The van der Waals surface area contributed by atoms with Crippen LogP contribution in [0.3, 0.4) is 0 Å². The van der Waals surface area contributed by atoms with Crippen LogP contribution in [0.5, 0.6) is 0 Å². The predicted molar refractivity (Wildman–Crippen MR) is 71.7 cm³/mol. The molecule has 0 aliphatic carbocycles. The zero-order valence-corrected chi connectivity index (χ0v) is 11.1. The van der Waals surface area contributed by atoms with Gasteiger partial charge < -0.3 is 10.0 Å². The Morgan fingerprint density at radius 1 is 1.47 bits per heavy atom. The van der Waals surface area contributed by atoms with Crippen molar-refractivity contribution in [3.8, 4) is 0 Å². The van der Waals surface area contributed by atoms with E-state index in [1.807, 2.05) is 24.5 Å². The SMILES string of the molecule is CCCN1C(=O)C(O)(C=C(C)NO)c2ccccc21. The Bertz CT molecular complexity index is 527. The summed E-state index contributed by atoms with van der Waals surface area (Å²) in [6, 6.07) is 7.16. The maximum Gasteiger partial charge on any atom is 0.267 e. The Morgan fingerprint density at radius 2 is 2.16 bits per heavy atom. The van der Waals surface area contributed by atoms with Gasteiger partial charge in [0.25, 0.3) is 5.91 Å². The van der Waals surface area contributed by atoms with Crippen molar-refractivity contribution < 1.29 is 15.1 Å². The van der Waals surface area contributed by atoms with Gasteiger partial charge in [-0.25, -0.2) is 0 Å². The molecule has 0 saturated heterocycles. The number of carbonyl (C=O) groups excluding carboxylic acids is 1. The number of nitrogens with zero attached hydrogens (tertiary/aromatic N) is 1. The fourth-order valence-corrected chi connectivity index (χ4v) is 2.39. The molecule has 1 aliphatic heterocycles. The van der Waals surface area contributed by atoms with Crippen molar-refractivity contribution in [2.45, 2.75) is 25.9 Å². The van der Waals surface area contributed by atoms with Gasteiger partial charge in [-0.05, 0) is 25.5 Å². The van der Waals surface area contributed by atoms with Gasteiger partial charge in [0.2, 0.25) is 0 Å². The molecule has 102 valence electrons. The van der Waals surface area contributed by atoms with Gasteiger partial charge in [-0.2, -0.15) is 0 Å². The number of carbonyl (C=O) groups is 1. The highest BCUT2D eigenvalue weighted by molar-refractivity contribution is 6.08. The van der Waals surface area contributed by atoms with Gasteiger partial charge in [0.05, 0.1) is 5.69 Å². The molecule has 0 aromatic heterocycles. The molecule has 1 heterocycles. The molecule has 5 heteroatoms. The number of benzene rings is 1. The van der Waals surface area contributed by atoms with Gasteiger partial charge in [0.15, 0.2) is 5.60 Å². The first kappa shape index (κ1) is 13.6. The van der Waals surface area contributed by atoms with Gasteiger partial charge in [-0.1, -0.05) is 25.1 Å². The summed E-state index contributed by atoms with van der Waals surface area (Å²) in [6.07, 6.45) is 2.14. The molecule has 2 rings (SSSR count). The van der Waals surface area contributed by atoms with Crippen molar-refractivity contribution >= 4 is 11.6 Å². The molecule has 1 amide bonds. The number of rotatable bonds is 4. The van der Waals surface area contributed by atoms with E-state index in [9.17, 15) is 9.90 Å². The van der Waals surface area contributed by atoms with Crippen molar-refractivity contribution in [3.63, 3.8) is 0 Å². The first-order valence-electron chi connectivity index (χ1n) is 6.28. The molecule has 0 fully saturated rings. The smallest absolute Gasteiger partial charge is 0.267 e. The Morgan fingerprint density at radius 3 is 2.79 bits per heavy atom. The first-order chi connectivity index (χ1) is 9.04. The molecule has 1 aromatic carbocycles. The zero-order valence-electron chi connectivity index (χ0n) is 11.1. The fourth-order valence-electron chi connectivity index (χ4n) is 2.39. The number of anilines is 1. The third kappa shape index (κ3) is 2.11. The summed E-state index contributed by atoms with van der Waals surface area (Å²) < 4.78 is 0. The molecule has 0 bridgehead atoms. The summed E-state index contributed by atoms with van der Waals surface area (Å²) in [5.41, 5.74) is 1.82. The summed E-state index contributed by atoms with van der Waals surface area (Å²) in [6.45, 7) is 4.11. The third-order valence-corrected chi connectivity index (χ3v) is 3.23. The highest BCUT2D eigenvalue weighted by atomic mass is 16.5. The number of aliphatic hydroxyl groups is 1. The maximum absolute atomic E-state index is 12.4. The lowest BCUT2D eigenvalue weighted by Crippen LogP contribution is -2.39. The standard InChI is InChI=1S/C14H18N2O3/c1-3-8-16-12-7-5-4-6-11(12)14(18,13(16)17)9-10(2)15-19/h4-7,9,15,18-19H,3,8H2,1-2H3. The highest BCUT2D eigenvalue weighted by Crippen LogP contribution is 2.41. The van der Waals surface area contributed by atoms with Crippen LogP contribution in [0.15, 0.2) is 36.0 Å². The van der Waals surface area contributed by atoms with Gasteiger partial charge in [0, 0.05) is 17.8 Å². The summed E-state index contributed by atoms with van der Waals surface area (Å²) in [4.78, 5) is 14.0. The number of nitrogens with one attached hydrogen (secondary N) is 1. The molecular formula is C14H18N2O3. The lowest BCUT2D eigenvalue weighted by molar-refractivity contribution is -0.131. The summed E-state index contributed by atoms with van der Waals surface area (Å²) >= 11 is 0. The lowest BCUT2D eigenvalue weighted by atomic mass is 9.94. The molecule has 1 aromatic rings. The number of fused-ring (bicyclic) bond motifs is 1. The monoisotopic (exact) mass is 262 g/mol. The van der Waals surface area contributed by atoms with Crippen LogP contribution in [0.2, 0.25) is 0 Å². The average Bonchev–Trinajstić information content (AvgIpc) is 2.62. The Hall–Kier alpha value is -1.85. The zero-order chi connectivity index (χ0) is 14.0. The second kappa shape index (κ2) is 5.03. The normalized spacial score (nSPS) is 22.6. The third-order valence-electron chi connectivity index (χ3n) is 3.23. The first-order valence-corrected chi connectivity index (χ1v) is 6.28. The van der Waals surface area contributed by atoms with Crippen molar-refractivity contribution in [2.24, 2.45) is 0 Å². The van der Waals surface area contributed by atoms with Crippen molar-refractivity contribution in [1.29, 1.82) is 0 Å². The molecule has 0 spiro atoms. The van der Waals surface area contributed by atoms with Crippen LogP contribution in [0.4, 0.5) is 5.69 Å². The van der Waals surface area contributed by atoms with Gasteiger partial charge in [0.1, 0.15) is 0 Å². The molecular weight excluding hydrogens is 244 g/mol. The van der Waals surface area contributed by atoms with E-state index in [4.69, 9.17) is 5.21 Å². The minimum Gasteiger partial charge on any atom is -0.372 e. The molecule has 0 radical (unpaired) electrons. The van der Waals surface area contributed by atoms with Crippen LogP contribution in [0.25, 0.3) is 0 Å². The van der Waals surface area contributed by atoms with Crippen molar-refractivity contribution in [3.05, 3.63) is 41.6 Å². The number of hydroxylamine groups is 1. The summed E-state index contributed by atoms with van der Waals surface area (Å²) in [5.74, 6) is -0.384. The van der Waals surface area contributed by atoms with E-state index in [1.165, 1.54) is 6.08 Å². The Labute approximate surface area is 112 Å². The molecule has 1 aliphatic rings. The van der Waals surface area contributed by atoms with E-state index < -0.39 is 5.60 Å². The van der Waals surface area contributed by atoms with Crippen LogP contribution < -0.4 is 10.4 Å². The van der Waals surface area contributed by atoms with Crippen LogP contribution >= 0.6 is 0 Å². The molecule has 3 N–H and O–H groups in total.